The Morgan fingerprint density at radius 1 is 1.32 bits per heavy atom. The molecule has 0 bridgehead atoms. The molecule has 1 atom stereocenters. The predicted octanol–water partition coefficient (Wildman–Crippen LogP) is 2.66. The number of nitrogens with zero attached hydrogens (tertiary/aromatic N) is 4. The first-order chi connectivity index (χ1) is 10.7. The first-order valence-electron chi connectivity index (χ1n) is 7.46. The minimum absolute atomic E-state index is 0.414. The van der Waals surface area contributed by atoms with Gasteiger partial charge in [-0.1, -0.05) is 6.92 Å². The second-order valence-corrected chi connectivity index (χ2v) is 5.28. The number of rotatable bonds is 6. The number of ether oxygens (including phenoxy) is 1. The van der Waals surface area contributed by atoms with E-state index in [0.29, 0.717) is 13.3 Å². The van der Waals surface area contributed by atoms with Crippen molar-refractivity contribution in [1.29, 1.82) is 0 Å². The van der Waals surface area contributed by atoms with Crippen LogP contribution >= 0.6 is 0 Å². The second-order valence-electron chi connectivity index (χ2n) is 5.28. The van der Waals surface area contributed by atoms with Crippen LogP contribution in [0.15, 0.2) is 36.8 Å². The minimum atomic E-state index is -0.594. The first kappa shape index (κ1) is 14.7. The number of hydrogen-bond acceptors (Lipinski definition) is 4. The van der Waals surface area contributed by atoms with Crippen molar-refractivity contribution in [1.82, 2.24) is 19.6 Å². The van der Waals surface area contributed by atoms with Gasteiger partial charge in [0, 0.05) is 30.0 Å². The van der Waals surface area contributed by atoms with Crippen LogP contribution in [-0.4, -0.2) is 31.3 Å². The molecule has 0 saturated heterocycles. The molecule has 3 aromatic rings. The van der Waals surface area contributed by atoms with Gasteiger partial charge >= 0.3 is 0 Å². The average molecular weight is 300 g/mol. The summed E-state index contributed by atoms with van der Waals surface area (Å²) in [5.41, 5.74) is 2.62. The van der Waals surface area contributed by atoms with Crippen LogP contribution in [-0.2, 0) is 11.5 Å². The van der Waals surface area contributed by atoms with Gasteiger partial charge in [0.2, 0.25) is 0 Å². The van der Waals surface area contributed by atoms with Crippen LogP contribution in [0.1, 0.15) is 31.9 Å². The zero-order valence-corrected chi connectivity index (χ0v) is 12.8. The van der Waals surface area contributed by atoms with Gasteiger partial charge in [-0.3, -0.25) is 0 Å². The SMILES string of the molecule is CCCOCn1ncc2cc(-n3cccn3)c(C(C)O)cc21. The third-order valence-electron chi connectivity index (χ3n) is 3.55. The van der Waals surface area contributed by atoms with Gasteiger partial charge in [0.25, 0.3) is 0 Å². The van der Waals surface area contributed by atoms with E-state index >= 15 is 0 Å². The van der Waals surface area contributed by atoms with Gasteiger partial charge in [0.1, 0.15) is 6.73 Å². The van der Waals surface area contributed by atoms with Crippen LogP contribution in [0.25, 0.3) is 16.6 Å². The second kappa shape index (κ2) is 6.29. The fourth-order valence-electron chi connectivity index (χ4n) is 2.47. The number of fused-ring (bicyclic) bond motifs is 1. The van der Waals surface area contributed by atoms with Gasteiger partial charge in [0.05, 0.1) is 23.5 Å². The average Bonchev–Trinajstić information content (AvgIpc) is 3.15. The molecule has 3 rings (SSSR count). The normalized spacial score (nSPS) is 12.9. The largest absolute Gasteiger partial charge is 0.389 e. The van der Waals surface area contributed by atoms with Crippen molar-refractivity contribution < 1.29 is 9.84 Å². The maximum atomic E-state index is 10.1. The quantitative estimate of drug-likeness (QED) is 0.711. The highest BCUT2D eigenvalue weighted by molar-refractivity contribution is 5.82. The molecule has 0 amide bonds. The molecular weight excluding hydrogens is 280 g/mol. The third kappa shape index (κ3) is 2.75. The molecule has 0 aliphatic rings. The Balaban J connectivity index is 2.05. The van der Waals surface area contributed by atoms with Gasteiger partial charge < -0.3 is 9.84 Å². The van der Waals surface area contributed by atoms with E-state index in [9.17, 15) is 5.11 Å². The zero-order valence-electron chi connectivity index (χ0n) is 12.8. The molecule has 1 aromatic carbocycles. The number of aromatic nitrogens is 4. The number of benzene rings is 1. The van der Waals surface area contributed by atoms with Crippen molar-refractivity contribution in [2.45, 2.75) is 33.1 Å². The summed E-state index contributed by atoms with van der Waals surface area (Å²) in [6.07, 6.45) is 5.77. The highest BCUT2D eigenvalue weighted by Gasteiger charge is 2.14. The lowest BCUT2D eigenvalue weighted by molar-refractivity contribution is 0.0723. The molecule has 0 aliphatic carbocycles. The summed E-state index contributed by atoms with van der Waals surface area (Å²) >= 11 is 0. The van der Waals surface area contributed by atoms with E-state index in [0.717, 1.165) is 28.6 Å². The van der Waals surface area contributed by atoms with E-state index in [4.69, 9.17) is 4.74 Å². The lowest BCUT2D eigenvalue weighted by Crippen LogP contribution is -2.07. The van der Waals surface area contributed by atoms with Crippen LogP contribution in [0, 0.1) is 0 Å². The molecule has 6 nitrogen and oxygen atoms in total. The summed E-state index contributed by atoms with van der Waals surface area (Å²) in [4.78, 5) is 0. The van der Waals surface area contributed by atoms with Crippen molar-refractivity contribution in [2.24, 2.45) is 0 Å². The summed E-state index contributed by atoms with van der Waals surface area (Å²) in [5.74, 6) is 0. The topological polar surface area (TPSA) is 65.1 Å². The molecule has 116 valence electrons. The zero-order chi connectivity index (χ0) is 15.5. The van der Waals surface area contributed by atoms with Crippen molar-refractivity contribution in [3.05, 3.63) is 42.4 Å². The minimum Gasteiger partial charge on any atom is -0.389 e. The molecule has 0 aliphatic heterocycles. The number of aliphatic hydroxyl groups is 1. The Hall–Kier alpha value is -2.18. The Labute approximate surface area is 128 Å². The molecule has 1 unspecified atom stereocenters. The van der Waals surface area contributed by atoms with E-state index in [-0.39, 0.29) is 0 Å². The van der Waals surface area contributed by atoms with E-state index in [1.807, 2.05) is 35.3 Å². The van der Waals surface area contributed by atoms with E-state index in [2.05, 4.69) is 17.1 Å². The van der Waals surface area contributed by atoms with Crippen molar-refractivity contribution in [3.8, 4) is 5.69 Å². The standard InChI is InChI=1S/C16H20N4O2/c1-3-7-22-11-20-15-9-14(12(2)21)16(8-13(15)10-18-20)19-6-4-5-17-19/h4-6,8-10,12,21H,3,7,11H2,1-2H3. The third-order valence-corrected chi connectivity index (χ3v) is 3.55. The van der Waals surface area contributed by atoms with Crippen molar-refractivity contribution in [2.75, 3.05) is 6.61 Å². The van der Waals surface area contributed by atoms with Crippen molar-refractivity contribution >= 4 is 10.9 Å². The maximum absolute atomic E-state index is 10.1. The fourth-order valence-corrected chi connectivity index (χ4v) is 2.47. The van der Waals surface area contributed by atoms with Gasteiger partial charge in [-0.15, -0.1) is 0 Å². The van der Waals surface area contributed by atoms with E-state index in [1.54, 1.807) is 17.8 Å². The fraction of sp³-hybridized carbons (Fsp3) is 0.375. The molecule has 6 heteroatoms. The van der Waals surface area contributed by atoms with Crippen LogP contribution in [0.3, 0.4) is 0 Å². The molecule has 22 heavy (non-hydrogen) atoms. The smallest absolute Gasteiger partial charge is 0.140 e. The Morgan fingerprint density at radius 2 is 2.18 bits per heavy atom. The van der Waals surface area contributed by atoms with Crippen LogP contribution in [0.4, 0.5) is 0 Å². The monoisotopic (exact) mass is 300 g/mol. The molecule has 1 N–H and O–H groups in total. The molecule has 0 fully saturated rings. The van der Waals surface area contributed by atoms with Crippen LogP contribution in [0.2, 0.25) is 0 Å². The maximum Gasteiger partial charge on any atom is 0.140 e. The molecule has 0 spiro atoms. The molecule has 0 saturated carbocycles. The predicted molar refractivity (Wildman–Crippen MR) is 83.7 cm³/mol. The van der Waals surface area contributed by atoms with Gasteiger partial charge in [-0.05, 0) is 31.5 Å². The van der Waals surface area contributed by atoms with Gasteiger partial charge in [-0.25, -0.2) is 9.36 Å². The summed E-state index contributed by atoms with van der Waals surface area (Å²) in [5, 5.41) is 19.7. The lowest BCUT2D eigenvalue weighted by atomic mass is 10.1. The summed E-state index contributed by atoms with van der Waals surface area (Å²) < 4.78 is 9.12. The first-order valence-corrected chi connectivity index (χ1v) is 7.46. The lowest BCUT2D eigenvalue weighted by Gasteiger charge is -2.13. The number of aliphatic hydroxyl groups excluding tert-OH is 1. The highest BCUT2D eigenvalue weighted by Crippen LogP contribution is 2.27. The van der Waals surface area contributed by atoms with Gasteiger partial charge in [-0.2, -0.15) is 10.2 Å². The summed E-state index contributed by atoms with van der Waals surface area (Å²) in [6.45, 7) is 4.94. The molecule has 2 aromatic heterocycles. The summed E-state index contributed by atoms with van der Waals surface area (Å²) in [7, 11) is 0. The molecular formula is C16H20N4O2. The van der Waals surface area contributed by atoms with Crippen LogP contribution < -0.4 is 0 Å². The Morgan fingerprint density at radius 3 is 2.86 bits per heavy atom. The van der Waals surface area contributed by atoms with Crippen molar-refractivity contribution in [3.63, 3.8) is 0 Å². The Bertz CT molecular complexity index is 747. The van der Waals surface area contributed by atoms with Gasteiger partial charge in [0.15, 0.2) is 0 Å². The highest BCUT2D eigenvalue weighted by atomic mass is 16.5. The molecule has 0 radical (unpaired) electrons. The van der Waals surface area contributed by atoms with E-state index < -0.39 is 6.10 Å². The summed E-state index contributed by atoms with van der Waals surface area (Å²) in [6, 6.07) is 5.81. The Kier molecular flexibility index (Phi) is 4.22. The van der Waals surface area contributed by atoms with E-state index in [1.165, 1.54) is 0 Å². The number of hydrogen-bond donors (Lipinski definition) is 1. The molecule has 2 heterocycles. The van der Waals surface area contributed by atoms with Crippen LogP contribution in [0.5, 0.6) is 0 Å².